The minimum absolute atomic E-state index is 0.0332. The van der Waals surface area contributed by atoms with Crippen molar-refractivity contribution in [2.45, 2.75) is 25.5 Å². The largest absolute Gasteiger partial charge is 0.324 e. The average molecular weight is 337 g/mol. The average Bonchev–Trinajstić information content (AvgIpc) is 2.18. The number of hydrogen-bond acceptors (Lipinski definition) is 2. The molecule has 1 amide bonds. The summed E-state index contributed by atoms with van der Waals surface area (Å²) < 4.78 is 0.977. The molecule has 0 fully saturated rings. The summed E-state index contributed by atoms with van der Waals surface area (Å²) in [6.45, 7) is 6.24. The number of hydrogen-bond donors (Lipinski definition) is 1. The van der Waals surface area contributed by atoms with Crippen LogP contribution in [-0.2, 0) is 4.79 Å². The van der Waals surface area contributed by atoms with E-state index in [0.717, 1.165) is 4.47 Å². The molecule has 0 spiro atoms. The van der Waals surface area contributed by atoms with Crippen LogP contribution in [0.3, 0.4) is 0 Å². The smallest absolute Gasteiger partial charge is 0.234 e. The monoisotopic (exact) mass is 335 g/mol. The maximum absolute atomic E-state index is 11.7. The van der Waals surface area contributed by atoms with Crippen LogP contribution >= 0.6 is 39.3 Å². The molecule has 1 aromatic rings. The number of carbonyl (C=O) groups is 1. The maximum atomic E-state index is 11.7. The Balaban J connectivity index is 2.57. The van der Waals surface area contributed by atoms with Gasteiger partial charge < -0.3 is 5.32 Å². The lowest BCUT2D eigenvalue weighted by molar-refractivity contribution is -0.113. The Labute approximate surface area is 120 Å². The number of rotatable bonds is 3. The summed E-state index contributed by atoms with van der Waals surface area (Å²) in [6.07, 6.45) is 0. The lowest BCUT2D eigenvalue weighted by Gasteiger charge is -2.17. The summed E-state index contributed by atoms with van der Waals surface area (Å²) in [5.41, 5.74) is 0.648. The van der Waals surface area contributed by atoms with E-state index >= 15 is 0 Å². The van der Waals surface area contributed by atoms with Gasteiger partial charge in [-0.05, 0) is 18.2 Å². The van der Waals surface area contributed by atoms with Crippen molar-refractivity contribution in [3.05, 3.63) is 27.7 Å². The Morgan fingerprint density at radius 3 is 2.65 bits per heavy atom. The van der Waals surface area contributed by atoms with Gasteiger partial charge in [0.15, 0.2) is 0 Å². The van der Waals surface area contributed by atoms with Crippen molar-refractivity contribution in [1.29, 1.82) is 0 Å². The molecule has 0 saturated heterocycles. The van der Waals surface area contributed by atoms with Gasteiger partial charge in [0.2, 0.25) is 5.91 Å². The van der Waals surface area contributed by atoms with E-state index < -0.39 is 0 Å². The molecule has 0 aliphatic rings. The highest BCUT2D eigenvalue weighted by Crippen LogP contribution is 2.27. The van der Waals surface area contributed by atoms with Crippen LogP contribution in [0.25, 0.3) is 0 Å². The van der Waals surface area contributed by atoms with Crippen LogP contribution in [0.4, 0.5) is 5.69 Å². The fraction of sp³-hybridized carbons (Fsp3) is 0.417. The molecule has 2 nitrogen and oxygen atoms in total. The summed E-state index contributed by atoms with van der Waals surface area (Å²) >= 11 is 10.9. The molecule has 0 aromatic heterocycles. The normalized spacial score (nSPS) is 11.4. The zero-order chi connectivity index (χ0) is 13.1. The van der Waals surface area contributed by atoms with Crippen molar-refractivity contribution in [3.8, 4) is 0 Å². The van der Waals surface area contributed by atoms with Gasteiger partial charge in [-0.3, -0.25) is 4.79 Å². The van der Waals surface area contributed by atoms with Gasteiger partial charge in [-0.1, -0.05) is 48.3 Å². The number of nitrogens with one attached hydrogen (secondary N) is 1. The molecule has 0 atom stereocenters. The van der Waals surface area contributed by atoms with Gasteiger partial charge in [-0.2, -0.15) is 0 Å². The number of thioether (sulfide) groups is 1. The molecule has 1 aromatic carbocycles. The summed E-state index contributed by atoms with van der Waals surface area (Å²) in [5.74, 6) is 0.393. The number of halogens is 2. The minimum atomic E-state index is -0.0332. The van der Waals surface area contributed by atoms with Crippen LogP contribution in [0.5, 0.6) is 0 Å². The number of benzene rings is 1. The predicted octanol–water partition coefficient (Wildman–Crippen LogP) is 4.57. The Kier molecular flexibility index (Phi) is 5.35. The first-order valence-corrected chi connectivity index (χ1v) is 7.32. The van der Waals surface area contributed by atoms with Crippen molar-refractivity contribution in [3.63, 3.8) is 0 Å². The standard InChI is InChI=1S/C12H15BrClNOS/c1-12(2,3)17-7-11(16)15-10-5-4-8(13)6-9(10)14/h4-6H,7H2,1-3H3,(H,15,16). The Morgan fingerprint density at radius 2 is 2.12 bits per heavy atom. The van der Waals surface area contributed by atoms with Crippen molar-refractivity contribution >= 4 is 50.9 Å². The molecule has 0 unspecified atom stereocenters. The second-order valence-corrected chi connectivity index (χ2v) is 7.70. The van der Waals surface area contributed by atoms with E-state index in [1.54, 1.807) is 23.9 Å². The van der Waals surface area contributed by atoms with Crippen molar-refractivity contribution < 1.29 is 4.79 Å². The summed E-state index contributed by atoms with van der Waals surface area (Å²) in [7, 11) is 0. The van der Waals surface area contributed by atoms with E-state index in [9.17, 15) is 4.79 Å². The Hall–Kier alpha value is -0.190. The lowest BCUT2D eigenvalue weighted by Crippen LogP contribution is -2.19. The molecule has 1 rings (SSSR count). The van der Waals surface area contributed by atoms with E-state index in [0.29, 0.717) is 16.5 Å². The highest BCUT2D eigenvalue weighted by molar-refractivity contribution is 9.10. The number of amides is 1. The van der Waals surface area contributed by atoms with Crippen LogP contribution in [0, 0.1) is 0 Å². The highest BCUT2D eigenvalue weighted by Gasteiger charge is 2.14. The molecule has 5 heteroatoms. The first-order valence-electron chi connectivity index (χ1n) is 5.17. The lowest BCUT2D eigenvalue weighted by atomic mass is 10.3. The molecule has 0 radical (unpaired) electrons. The van der Waals surface area contributed by atoms with E-state index in [2.05, 4.69) is 42.0 Å². The molecular weight excluding hydrogens is 322 g/mol. The van der Waals surface area contributed by atoms with Crippen molar-refractivity contribution in [1.82, 2.24) is 0 Å². The highest BCUT2D eigenvalue weighted by atomic mass is 79.9. The summed E-state index contributed by atoms with van der Waals surface area (Å²) in [5, 5.41) is 3.33. The summed E-state index contributed by atoms with van der Waals surface area (Å²) in [6, 6.07) is 5.39. The quantitative estimate of drug-likeness (QED) is 0.876. The second-order valence-electron chi connectivity index (χ2n) is 4.57. The fourth-order valence-electron chi connectivity index (χ4n) is 1.06. The SMILES string of the molecule is CC(C)(C)SCC(=O)Nc1ccc(Br)cc1Cl. The molecule has 94 valence electrons. The molecule has 1 N–H and O–H groups in total. The molecule has 0 aliphatic heterocycles. The maximum Gasteiger partial charge on any atom is 0.234 e. The van der Waals surface area contributed by atoms with Crippen LogP contribution in [-0.4, -0.2) is 16.4 Å². The molecule has 0 saturated carbocycles. The van der Waals surface area contributed by atoms with Crippen LogP contribution < -0.4 is 5.32 Å². The second kappa shape index (κ2) is 6.12. The first-order chi connectivity index (χ1) is 7.78. The molecule has 0 heterocycles. The zero-order valence-corrected chi connectivity index (χ0v) is 13.2. The zero-order valence-electron chi connectivity index (χ0n) is 10.0. The Morgan fingerprint density at radius 1 is 1.47 bits per heavy atom. The van der Waals surface area contributed by atoms with Crippen LogP contribution in [0.1, 0.15) is 20.8 Å². The van der Waals surface area contributed by atoms with E-state index in [1.807, 2.05) is 6.07 Å². The molecule has 0 bridgehead atoms. The minimum Gasteiger partial charge on any atom is -0.324 e. The number of carbonyl (C=O) groups excluding carboxylic acids is 1. The Bertz CT molecular complexity index is 417. The van der Waals surface area contributed by atoms with E-state index in [1.165, 1.54) is 0 Å². The number of anilines is 1. The van der Waals surface area contributed by atoms with Gasteiger partial charge in [0, 0.05) is 9.22 Å². The van der Waals surface area contributed by atoms with E-state index in [-0.39, 0.29) is 10.7 Å². The van der Waals surface area contributed by atoms with Crippen LogP contribution in [0.15, 0.2) is 22.7 Å². The first kappa shape index (κ1) is 14.9. The molecule has 17 heavy (non-hydrogen) atoms. The van der Waals surface area contributed by atoms with Gasteiger partial charge >= 0.3 is 0 Å². The van der Waals surface area contributed by atoms with Gasteiger partial charge in [-0.15, -0.1) is 11.8 Å². The third-order valence-electron chi connectivity index (χ3n) is 1.84. The molecule has 0 aliphatic carbocycles. The van der Waals surface area contributed by atoms with Crippen molar-refractivity contribution in [2.75, 3.05) is 11.1 Å². The fourth-order valence-corrected chi connectivity index (χ4v) is 2.42. The van der Waals surface area contributed by atoms with Gasteiger partial charge in [0.05, 0.1) is 16.5 Å². The van der Waals surface area contributed by atoms with Gasteiger partial charge in [0.25, 0.3) is 0 Å². The van der Waals surface area contributed by atoms with Crippen molar-refractivity contribution in [2.24, 2.45) is 0 Å². The van der Waals surface area contributed by atoms with E-state index in [4.69, 9.17) is 11.6 Å². The van der Waals surface area contributed by atoms with Crippen LogP contribution in [0.2, 0.25) is 5.02 Å². The third kappa shape index (κ3) is 5.80. The third-order valence-corrected chi connectivity index (χ3v) is 3.92. The van der Waals surface area contributed by atoms with Gasteiger partial charge in [0.1, 0.15) is 0 Å². The molecular formula is C12H15BrClNOS. The topological polar surface area (TPSA) is 29.1 Å². The summed E-state index contributed by atoms with van der Waals surface area (Å²) in [4.78, 5) is 11.7. The van der Waals surface area contributed by atoms with Gasteiger partial charge in [-0.25, -0.2) is 0 Å². The predicted molar refractivity (Wildman–Crippen MR) is 80.0 cm³/mol.